The Labute approximate surface area is 103 Å². The van der Waals surface area contributed by atoms with E-state index in [0.717, 1.165) is 25.0 Å². The first-order valence-corrected chi connectivity index (χ1v) is 6.77. The maximum Gasteiger partial charge on any atom is 0.0134 e. The van der Waals surface area contributed by atoms with Gasteiger partial charge in [0.05, 0.1) is 0 Å². The highest BCUT2D eigenvalue weighted by atomic mass is 32.2. The van der Waals surface area contributed by atoms with Gasteiger partial charge >= 0.3 is 0 Å². The Morgan fingerprint density at radius 3 is 2.88 bits per heavy atom. The van der Waals surface area contributed by atoms with Crippen molar-refractivity contribution in [2.75, 3.05) is 5.75 Å². The van der Waals surface area contributed by atoms with Crippen LogP contribution in [-0.4, -0.2) is 11.8 Å². The quantitative estimate of drug-likeness (QED) is 0.442. The molecule has 0 spiro atoms. The van der Waals surface area contributed by atoms with Crippen LogP contribution in [-0.2, 0) is 0 Å². The molecule has 0 saturated heterocycles. The summed E-state index contributed by atoms with van der Waals surface area (Å²) < 4.78 is 0. The van der Waals surface area contributed by atoms with E-state index in [4.69, 9.17) is 5.73 Å². The van der Waals surface area contributed by atoms with Crippen LogP contribution in [0.1, 0.15) is 24.8 Å². The van der Waals surface area contributed by atoms with Crippen molar-refractivity contribution in [2.45, 2.75) is 37.1 Å². The van der Waals surface area contributed by atoms with Gasteiger partial charge in [-0.05, 0) is 37.8 Å². The van der Waals surface area contributed by atoms with Gasteiger partial charge in [0.15, 0.2) is 0 Å². The molecule has 0 aromatic heterocycles. The van der Waals surface area contributed by atoms with Crippen LogP contribution in [0.2, 0.25) is 0 Å². The van der Waals surface area contributed by atoms with Gasteiger partial charge in [0, 0.05) is 16.7 Å². The molecule has 2 heteroatoms. The van der Waals surface area contributed by atoms with Gasteiger partial charge in [0.25, 0.3) is 0 Å². The number of rotatable bonds is 7. The predicted molar refractivity (Wildman–Crippen MR) is 73.9 cm³/mol. The molecule has 0 aliphatic rings. The average Bonchev–Trinajstić information content (AvgIpc) is 2.28. The summed E-state index contributed by atoms with van der Waals surface area (Å²) in [5, 5.41) is 0. The van der Waals surface area contributed by atoms with Gasteiger partial charge in [-0.15, -0.1) is 18.3 Å². The first kappa shape index (κ1) is 13.3. The fourth-order valence-electron chi connectivity index (χ4n) is 1.52. The molecule has 1 nitrogen and oxygen atoms in total. The monoisotopic (exact) mass is 235 g/mol. The second-order valence-corrected chi connectivity index (χ2v) is 5.12. The average molecular weight is 235 g/mol. The van der Waals surface area contributed by atoms with E-state index in [0.29, 0.717) is 6.04 Å². The largest absolute Gasteiger partial charge is 0.327 e. The van der Waals surface area contributed by atoms with Gasteiger partial charge in [-0.2, -0.15) is 0 Å². The van der Waals surface area contributed by atoms with Gasteiger partial charge in [0.2, 0.25) is 0 Å². The number of benzene rings is 1. The van der Waals surface area contributed by atoms with Crippen LogP contribution in [0, 0.1) is 6.92 Å². The van der Waals surface area contributed by atoms with Crippen molar-refractivity contribution in [1.82, 2.24) is 0 Å². The van der Waals surface area contributed by atoms with E-state index in [2.05, 4.69) is 37.8 Å². The number of allylic oxidation sites excluding steroid dienone is 1. The number of hydrogen-bond donors (Lipinski definition) is 1. The molecule has 0 fully saturated rings. The van der Waals surface area contributed by atoms with Gasteiger partial charge < -0.3 is 5.73 Å². The predicted octanol–water partition coefficient (Wildman–Crippen LogP) is 3.77. The Balaban J connectivity index is 2.28. The van der Waals surface area contributed by atoms with Crippen molar-refractivity contribution >= 4 is 11.8 Å². The van der Waals surface area contributed by atoms with E-state index in [1.807, 2.05) is 17.8 Å². The topological polar surface area (TPSA) is 26.0 Å². The summed E-state index contributed by atoms with van der Waals surface area (Å²) in [5.74, 6) is 1.00. The maximum atomic E-state index is 6.06. The summed E-state index contributed by atoms with van der Waals surface area (Å²) in [7, 11) is 0. The van der Waals surface area contributed by atoms with Crippen molar-refractivity contribution in [3.8, 4) is 0 Å². The zero-order chi connectivity index (χ0) is 11.8. The number of unbranched alkanes of at least 4 members (excludes halogenated alkanes) is 1. The summed E-state index contributed by atoms with van der Waals surface area (Å²) in [6, 6.07) is 8.76. The van der Waals surface area contributed by atoms with Crippen molar-refractivity contribution in [2.24, 2.45) is 5.73 Å². The van der Waals surface area contributed by atoms with E-state index in [1.165, 1.54) is 10.5 Å². The molecule has 2 N–H and O–H groups in total. The number of thioether (sulfide) groups is 1. The molecule has 88 valence electrons. The van der Waals surface area contributed by atoms with Gasteiger partial charge in [-0.3, -0.25) is 0 Å². The molecule has 0 heterocycles. The number of nitrogens with two attached hydrogens (primary N) is 1. The van der Waals surface area contributed by atoms with E-state index in [9.17, 15) is 0 Å². The van der Waals surface area contributed by atoms with Crippen LogP contribution in [0.25, 0.3) is 0 Å². The highest BCUT2D eigenvalue weighted by Gasteiger charge is 2.04. The zero-order valence-electron chi connectivity index (χ0n) is 9.99. The zero-order valence-corrected chi connectivity index (χ0v) is 10.8. The minimum Gasteiger partial charge on any atom is -0.327 e. The molecule has 1 unspecified atom stereocenters. The van der Waals surface area contributed by atoms with E-state index in [-0.39, 0.29) is 0 Å². The summed E-state index contributed by atoms with van der Waals surface area (Å²) in [6.07, 6.45) is 5.27. The maximum absolute atomic E-state index is 6.06. The molecule has 1 aromatic rings. The third-order valence-electron chi connectivity index (χ3n) is 2.53. The first-order valence-electron chi connectivity index (χ1n) is 5.79. The lowest BCUT2D eigenvalue weighted by Gasteiger charge is -2.11. The van der Waals surface area contributed by atoms with Crippen LogP contribution in [0.5, 0.6) is 0 Å². The normalized spacial score (nSPS) is 12.4. The Hall–Kier alpha value is -0.730. The summed E-state index contributed by atoms with van der Waals surface area (Å²) in [4.78, 5) is 1.35. The second kappa shape index (κ2) is 7.53. The lowest BCUT2D eigenvalue weighted by Crippen LogP contribution is -2.22. The molecule has 0 aliphatic carbocycles. The van der Waals surface area contributed by atoms with E-state index in [1.54, 1.807) is 0 Å². The summed E-state index contributed by atoms with van der Waals surface area (Å²) in [6.45, 7) is 5.86. The molecule has 1 aromatic carbocycles. The van der Waals surface area contributed by atoms with Crippen LogP contribution >= 0.6 is 11.8 Å². The van der Waals surface area contributed by atoms with Crippen LogP contribution in [0.4, 0.5) is 0 Å². The molecular weight excluding hydrogens is 214 g/mol. The number of hydrogen-bond acceptors (Lipinski definition) is 2. The number of aryl methyl sites for hydroxylation is 1. The highest BCUT2D eigenvalue weighted by Crippen LogP contribution is 2.22. The molecule has 1 rings (SSSR count). The minimum absolute atomic E-state index is 0.296. The Bertz CT molecular complexity index is 322. The van der Waals surface area contributed by atoms with Gasteiger partial charge in [0.1, 0.15) is 0 Å². The van der Waals surface area contributed by atoms with Crippen molar-refractivity contribution in [3.05, 3.63) is 42.5 Å². The van der Waals surface area contributed by atoms with Crippen molar-refractivity contribution < 1.29 is 0 Å². The van der Waals surface area contributed by atoms with Crippen molar-refractivity contribution in [3.63, 3.8) is 0 Å². The SMILES string of the molecule is C=CCCCC(N)CSc1ccccc1C. The molecule has 16 heavy (non-hydrogen) atoms. The first-order chi connectivity index (χ1) is 7.74. The fraction of sp³-hybridized carbons (Fsp3) is 0.429. The molecule has 0 bridgehead atoms. The molecule has 0 aliphatic heterocycles. The summed E-state index contributed by atoms with van der Waals surface area (Å²) in [5.41, 5.74) is 7.40. The van der Waals surface area contributed by atoms with Crippen molar-refractivity contribution in [1.29, 1.82) is 0 Å². The highest BCUT2D eigenvalue weighted by molar-refractivity contribution is 7.99. The molecule has 0 saturated carbocycles. The van der Waals surface area contributed by atoms with Crippen LogP contribution in [0.3, 0.4) is 0 Å². The van der Waals surface area contributed by atoms with Gasteiger partial charge in [-0.25, -0.2) is 0 Å². The van der Waals surface area contributed by atoms with Crippen LogP contribution < -0.4 is 5.73 Å². The molecule has 0 radical (unpaired) electrons. The Morgan fingerprint density at radius 2 is 2.19 bits per heavy atom. The molecule has 1 atom stereocenters. The second-order valence-electron chi connectivity index (χ2n) is 4.06. The van der Waals surface area contributed by atoms with Gasteiger partial charge in [-0.1, -0.05) is 24.3 Å². The van der Waals surface area contributed by atoms with Crippen LogP contribution in [0.15, 0.2) is 41.8 Å². The Morgan fingerprint density at radius 1 is 1.44 bits per heavy atom. The minimum atomic E-state index is 0.296. The fourth-order valence-corrected chi connectivity index (χ4v) is 2.55. The third kappa shape index (κ3) is 4.86. The van der Waals surface area contributed by atoms with E-state index >= 15 is 0 Å². The molecule has 0 amide bonds. The standard InChI is InChI=1S/C14H21NS/c1-3-4-5-9-13(15)11-16-14-10-7-6-8-12(14)2/h3,6-8,10,13H,1,4-5,9,11,15H2,2H3. The summed E-state index contributed by atoms with van der Waals surface area (Å²) >= 11 is 1.86. The lowest BCUT2D eigenvalue weighted by molar-refractivity contribution is 0.637. The van der Waals surface area contributed by atoms with E-state index < -0.39 is 0 Å². The smallest absolute Gasteiger partial charge is 0.0134 e. The Kier molecular flexibility index (Phi) is 6.27. The molecular formula is C14H21NS. The lowest BCUT2D eigenvalue weighted by atomic mass is 10.1. The third-order valence-corrected chi connectivity index (χ3v) is 3.89.